The second-order valence-electron chi connectivity index (χ2n) is 11.9. The first-order valence-corrected chi connectivity index (χ1v) is 16.2. The van der Waals surface area contributed by atoms with Crippen molar-refractivity contribution in [3.63, 3.8) is 0 Å². The molecule has 6 rings (SSSR count). The van der Waals surface area contributed by atoms with Crippen molar-refractivity contribution in [2.45, 2.75) is 64.1 Å². The lowest BCUT2D eigenvalue weighted by molar-refractivity contribution is 0.0238. The van der Waals surface area contributed by atoms with Gasteiger partial charge in [-0.15, -0.1) is 10.2 Å². The molecule has 234 valence electrons. The largest absolute Gasteiger partial charge is 0.457 e. The number of hydrogen-bond acceptors (Lipinski definition) is 8. The van der Waals surface area contributed by atoms with Gasteiger partial charge < -0.3 is 29.9 Å². The molecule has 10 nitrogen and oxygen atoms in total. The molecule has 0 atom stereocenters. The molecule has 3 fully saturated rings. The number of nitrogens with one attached hydrogen (secondary N) is 2. The van der Waals surface area contributed by atoms with Crippen LogP contribution in [0, 0.1) is 5.82 Å². The molecule has 4 heterocycles. The van der Waals surface area contributed by atoms with Crippen LogP contribution in [-0.4, -0.2) is 83.4 Å². The van der Waals surface area contributed by atoms with Crippen molar-refractivity contribution in [3.05, 3.63) is 58.3 Å². The van der Waals surface area contributed by atoms with Gasteiger partial charge in [0.05, 0.1) is 12.1 Å². The Labute approximate surface area is 260 Å². The Morgan fingerprint density at radius 1 is 1.11 bits per heavy atom. The van der Waals surface area contributed by atoms with Crippen LogP contribution in [-0.2, 0) is 11.3 Å². The molecule has 1 aromatic heterocycles. The summed E-state index contributed by atoms with van der Waals surface area (Å²) in [6.07, 6.45) is 3.71. The highest BCUT2D eigenvalue weighted by Crippen LogP contribution is 2.33. The molecule has 12 heteroatoms. The van der Waals surface area contributed by atoms with Gasteiger partial charge >= 0.3 is 6.03 Å². The van der Waals surface area contributed by atoms with Crippen LogP contribution in [0.4, 0.5) is 9.18 Å². The fourth-order valence-corrected chi connectivity index (χ4v) is 6.81. The fraction of sp³-hybridized carbons (Fsp3) is 0.500. The Morgan fingerprint density at radius 2 is 1.86 bits per heavy atom. The minimum Gasteiger partial charge on any atom is -0.457 e. The molecule has 0 bridgehead atoms. The van der Waals surface area contributed by atoms with E-state index in [1.54, 1.807) is 16.2 Å². The highest BCUT2D eigenvalue weighted by atomic mass is 32.1. The number of aromatic nitrogens is 2. The first-order chi connectivity index (χ1) is 21.3. The molecule has 2 aromatic carbocycles. The summed E-state index contributed by atoms with van der Waals surface area (Å²) >= 11 is 1.55. The van der Waals surface area contributed by atoms with E-state index < -0.39 is 11.7 Å². The van der Waals surface area contributed by atoms with Crippen LogP contribution in [0.15, 0.2) is 36.4 Å². The van der Waals surface area contributed by atoms with Crippen LogP contribution in [0.3, 0.4) is 0 Å². The molecule has 0 radical (unpaired) electrons. The Kier molecular flexibility index (Phi) is 9.39. The molecule has 2 N–H and O–H groups in total. The highest BCUT2D eigenvalue weighted by molar-refractivity contribution is 7.14. The molecule has 0 aliphatic carbocycles. The van der Waals surface area contributed by atoms with Crippen LogP contribution in [0.1, 0.15) is 66.4 Å². The topological polar surface area (TPSA) is 109 Å². The standard InChI is InChI=1S/C32H39FN6O4S/c1-20(2)30-36-37-31(44-30)21-3-5-25(6-4-21)43-28-18-26(27(33)17-22(28)19-39-14-11-34-32(39)41)29(40)35-23-7-12-38(13-8-23)24-9-15-42-16-10-24/h3-6,17-18,20,23-24H,7-16,19H2,1-2H3,(H,34,41)(H,35,40). The minimum absolute atomic E-state index is 0.0283. The van der Waals surface area contributed by atoms with E-state index in [4.69, 9.17) is 9.47 Å². The molecule has 3 aliphatic rings. The Balaban J connectivity index is 1.18. The van der Waals surface area contributed by atoms with Crippen molar-refractivity contribution >= 4 is 23.3 Å². The van der Waals surface area contributed by atoms with E-state index in [0.717, 1.165) is 67.6 Å². The van der Waals surface area contributed by atoms with Crippen molar-refractivity contribution in [2.24, 2.45) is 0 Å². The smallest absolute Gasteiger partial charge is 0.317 e. The third-order valence-corrected chi connectivity index (χ3v) is 9.81. The number of hydrogen-bond donors (Lipinski definition) is 2. The summed E-state index contributed by atoms with van der Waals surface area (Å²) in [6.45, 7) is 8.75. The maximum absolute atomic E-state index is 15.5. The Bertz CT molecular complexity index is 1470. The maximum Gasteiger partial charge on any atom is 0.317 e. The van der Waals surface area contributed by atoms with Crippen LogP contribution in [0.2, 0.25) is 0 Å². The lowest BCUT2D eigenvalue weighted by atomic mass is 9.99. The van der Waals surface area contributed by atoms with Gasteiger partial charge in [0.25, 0.3) is 5.91 Å². The Hall–Kier alpha value is -3.61. The average Bonchev–Trinajstić information content (AvgIpc) is 3.69. The molecule has 0 spiro atoms. The second-order valence-corrected chi connectivity index (χ2v) is 13.0. The number of urea groups is 1. The molecule has 0 unspecified atom stereocenters. The maximum atomic E-state index is 15.5. The monoisotopic (exact) mass is 622 g/mol. The zero-order chi connectivity index (χ0) is 30.6. The number of carbonyl (C=O) groups is 2. The van der Waals surface area contributed by atoms with Gasteiger partial charge in [-0.1, -0.05) is 25.2 Å². The van der Waals surface area contributed by atoms with Gasteiger partial charge in [-0.25, -0.2) is 9.18 Å². The number of amides is 3. The molecular formula is C32H39FN6O4S. The predicted molar refractivity (Wildman–Crippen MR) is 166 cm³/mol. The Morgan fingerprint density at radius 3 is 2.52 bits per heavy atom. The SMILES string of the molecule is CC(C)c1nnc(-c2ccc(Oc3cc(C(=O)NC4CCN(C5CCOCC5)CC4)c(F)cc3CN3CCNC3=O)cc2)s1. The molecule has 3 aliphatic heterocycles. The van der Waals surface area contributed by atoms with Gasteiger partial charge in [0.15, 0.2) is 0 Å². The molecule has 3 aromatic rings. The normalized spacial score (nSPS) is 18.5. The van der Waals surface area contributed by atoms with Crippen molar-refractivity contribution in [3.8, 4) is 22.1 Å². The summed E-state index contributed by atoms with van der Waals surface area (Å²) < 4.78 is 27.2. The zero-order valence-electron chi connectivity index (χ0n) is 25.2. The molecule has 44 heavy (non-hydrogen) atoms. The van der Waals surface area contributed by atoms with E-state index in [9.17, 15) is 9.59 Å². The highest BCUT2D eigenvalue weighted by Gasteiger charge is 2.29. The summed E-state index contributed by atoms with van der Waals surface area (Å²) in [7, 11) is 0. The van der Waals surface area contributed by atoms with Crippen molar-refractivity contribution in [1.82, 2.24) is 30.6 Å². The molecular weight excluding hydrogens is 583 g/mol. The number of ether oxygens (including phenoxy) is 2. The minimum atomic E-state index is -0.642. The number of piperidine rings is 1. The van der Waals surface area contributed by atoms with Crippen LogP contribution in [0.25, 0.3) is 10.6 Å². The van der Waals surface area contributed by atoms with Crippen molar-refractivity contribution in [2.75, 3.05) is 39.4 Å². The van der Waals surface area contributed by atoms with Gasteiger partial charge in [0, 0.05) is 68.5 Å². The summed E-state index contributed by atoms with van der Waals surface area (Å²) in [4.78, 5) is 29.7. The van der Waals surface area contributed by atoms with Gasteiger partial charge in [-0.3, -0.25) is 4.79 Å². The molecule has 3 saturated heterocycles. The van der Waals surface area contributed by atoms with E-state index >= 15 is 4.39 Å². The van der Waals surface area contributed by atoms with Crippen molar-refractivity contribution < 1.29 is 23.5 Å². The lowest BCUT2D eigenvalue weighted by Gasteiger charge is -2.39. The first-order valence-electron chi connectivity index (χ1n) is 15.4. The third kappa shape index (κ3) is 7.03. The number of rotatable bonds is 9. The van der Waals surface area contributed by atoms with E-state index in [2.05, 4.69) is 39.6 Å². The van der Waals surface area contributed by atoms with Crippen LogP contribution < -0.4 is 15.4 Å². The van der Waals surface area contributed by atoms with Crippen molar-refractivity contribution in [1.29, 1.82) is 0 Å². The summed E-state index contributed by atoms with van der Waals surface area (Å²) in [6, 6.07) is 10.5. The van der Waals surface area contributed by atoms with Crippen LogP contribution >= 0.6 is 11.3 Å². The number of carbonyl (C=O) groups excluding carboxylic acids is 2. The zero-order valence-corrected chi connectivity index (χ0v) is 26.0. The number of nitrogens with zero attached hydrogens (tertiary/aromatic N) is 4. The number of benzene rings is 2. The summed E-state index contributed by atoms with van der Waals surface area (Å²) in [5, 5.41) is 16.2. The average molecular weight is 623 g/mol. The van der Waals surface area contributed by atoms with Gasteiger partial charge in [-0.05, 0) is 62.1 Å². The van der Waals surface area contributed by atoms with Gasteiger partial charge in [0.2, 0.25) is 0 Å². The number of halogens is 1. The van der Waals surface area contributed by atoms with E-state index in [1.165, 1.54) is 12.1 Å². The summed E-state index contributed by atoms with van der Waals surface area (Å²) in [5.41, 5.74) is 1.32. The predicted octanol–water partition coefficient (Wildman–Crippen LogP) is 5.16. The number of likely N-dealkylation sites (tertiary alicyclic amines) is 1. The second kappa shape index (κ2) is 13.6. The fourth-order valence-electron chi connectivity index (χ4n) is 5.95. The lowest BCUT2D eigenvalue weighted by Crippen LogP contribution is -2.49. The quantitative estimate of drug-likeness (QED) is 0.340. The van der Waals surface area contributed by atoms with E-state index in [0.29, 0.717) is 42.1 Å². The first kappa shape index (κ1) is 30.4. The summed E-state index contributed by atoms with van der Waals surface area (Å²) in [5.74, 6) is 0.0468. The molecule has 3 amide bonds. The van der Waals surface area contributed by atoms with Gasteiger partial charge in [0.1, 0.15) is 27.3 Å². The third-order valence-electron chi connectivity index (χ3n) is 8.54. The van der Waals surface area contributed by atoms with E-state index in [1.807, 2.05) is 24.3 Å². The molecule has 0 saturated carbocycles. The van der Waals surface area contributed by atoms with Gasteiger partial charge in [-0.2, -0.15) is 0 Å². The van der Waals surface area contributed by atoms with Crippen LogP contribution in [0.5, 0.6) is 11.5 Å². The van der Waals surface area contributed by atoms with E-state index in [-0.39, 0.29) is 24.2 Å².